The van der Waals surface area contributed by atoms with E-state index < -0.39 is 17.8 Å². The lowest BCUT2D eigenvalue weighted by atomic mass is 9.92. The first kappa shape index (κ1) is 20.2. The Bertz CT molecular complexity index is 532. The van der Waals surface area contributed by atoms with E-state index in [0.29, 0.717) is 6.42 Å². The Morgan fingerprint density at radius 1 is 1.25 bits per heavy atom. The van der Waals surface area contributed by atoms with Gasteiger partial charge in [-0.05, 0) is 45.1 Å². The largest absolute Gasteiger partial charge is 0.444 e. The van der Waals surface area contributed by atoms with Crippen molar-refractivity contribution >= 4 is 6.09 Å². The molecule has 0 heterocycles. The number of alkyl carbamates (subject to hydrolysis) is 1. The van der Waals surface area contributed by atoms with Crippen LogP contribution in [0, 0.1) is 5.92 Å². The van der Waals surface area contributed by atoms with Gasteiger partial charge in [0.15, 0.2) is 0 Å². The number of carbonyl (C=O) groups is 1. The molecule has 0 aliphatic rings. The van der Waals surface area contributed by atoms with Gasteiger partial charge in [0.2, 0.25) is 0 Å². The van der Waals surface area contributed by atoms with Crippen LogP contribution in [0.2, 0.25) is 0 Å². The molecule has 0 aliphatic carbocycles. The zero-order valence-electron chi connectivity index (χ0n) is 15.5. The molecule has 4 heteroatoms. The molecule has 0 aliphatic heterocycles. The Kier molecular flexibility index (Phi) is 7.49. The summed E-state index contributed by atoms with van der Waals surface area (Å²) >= 11 is 0. The smallest absolute Gasteiger partial charge is 0.407 e. The van der Waals surface area contributed by atoms with Gasteiger partial charge in [0.05, 0.1) is 12.1 Å². The van der Waals surface area contributed by atoms with Crippen molar-refractivity contribution in [2.45, 2.75) is 65.2 Å². The number of hydrogen-bond donors (Lipinski definition) is 2. The fourth-order valence-corrected chi connectivity index (χ4v) is 2.53. The first-order chi connectivity index (χ1) is 11.1. The standard InChI is InChI=1S/C20H31NO3/c1-14(2)18(21-19(23)24-20(4,5)6)17(22)13-15(3)12-16-10-8-7-9-11-16/h7-11,14,17-18,22H,3,12-13H2,1-2,4-6H3,(H,21,23)/t17-,18-/m0/s1. The van der Waals surface area contributed by atoms with Crippen LogP contribution in [0.3, 0.4) is 0 Å². The van der Waals surface area contributed by atoms with Gasteiger partial charge in [-0.25, -0.2) is 4.79 Å². The summed E-state index contributed by atoms with van der Waals surface area (Å²) < 4.78 is 5.29. The van der Waals surface area contributed by atoms with Gasteiger partial charge in [0.1, 0.15) is 5.60 Å². The third kappa shape index (κ3) is 7.64. The summed E-state index contributed by atoms with van der Waals surface area (Å²) in [4.78, 5) is 12.0. The molecule has 24 heavy (non-hydrogen) atoms. The lowest BCUT2D eigenvalue weighted by Gasteiger charge is -2.29. The fraction of sp³-hybridized carbons (Fsp3) is 0.550. The van der Waals surface area contributed by atoms with Gasteiger partial charge in [-0.3, -0.25) is 0 Å². The van der Waals surface area contributed by atoms with E-state index in [1.165, 1.54) is 0 Å². The maximum atomic E-state index is 12.0. The molecule has 4 nitrogen and oxygen atoms in total. The van der Waals surface area contributed by atoms with Gasteiger partial charge in [-0.1, -0.05) is 56.3 Å². The van der Waals surface area contributed by atoms with E-state index in [1.54, 1.807) is 0 Å². The van der Waals surface area contributed by atoms with Crippen LogP contribution in [0.1, 0.15) is 46.6 Å². The van der Waals surface area contributed by atoms with Crippen molar-refractivity contribution in [1.29, 1.82) is 0 Å². The lowest BCUT2D eigenvalue weighted by Crippen LogP contribution is -2.48. The van der Waals surface area contributed by atoms with E-state index in [9.17, 15) is 9.90 Å². The Labute approximate surface area is 145 Å². The van der Waals surface area contributed by atoms with Gasteiger partial charge in [0.25, 0.3) is 0 Å². The normalized spacial score (nSPS) is 14.1. The van der Waals surface area contributed by atoms with Crippen molar-refractivity contribution in [1.82, 2.24) is 5.32 Å². The molecular formula is C20H31NO3. The van der Waals surface area contributed by atoms with Gasteiger partial charge in [-0.15, -0.1) is 0 Å². The Hall–Kier alpha value is -1.81. The highest BCUT2D eigenvalue weighted by Gasteiger charge is 2.27. The fourth-order valence-electron chi connectivity index (χ4n) is 2.53. The minimum atomic E-state index is -0.700. The van der Waals surface area contributed by atoms with Crippen LogP contribution in [0.25, 0.3) is 0 Å². The van der Waals surface area contributed by atoms with Crippen LogP contribution >= 0.6 is 0 Å². The molecule has 0 unspecified atom stereocenters. The first-order valence-corrected chi connectivity index (χ1v) is 8.46. The summed E-state index contributed by atoms with van der Waals surface area (Å²) in [6.07, 6.45) is -0.0504. The zero-order chi connectivity index (χ0) is 18.3. The number of rotatable bonds is 7. The summed E-state index contributed by atoms with van der Waals surface area (Å²) in [7, 11) is 0. The SMILES string of the molecule is C=C(Cc1ccccc1)C[C@H](O)[C@@H](NC(=O)OC(C)(C)C)C(C)C. The van der Waals surface area contributed by atoms with Crippen LogP contribution < -0.4 is 5.32 Å². The zero-order valence-corrected chi connectivity index (χ0v) is 15.5. The summed E-state index contributed by atoms with van der Waals surface area (Å²) in [5.41, 5.74) is 1.54. The Morgan fingerprint density at radius 3 is 2.33 bits per heavy atom. The summed E-state index contributed by atoms with van der Waals surface area (Å²) in [6.45, 7) is 13.4. The number of ether oxygens (including phenoxy) is 1. The molecule has 1 aromatic carbocycles. The number of aliphatic hydroxyl groups excluding tert-OH is 1. The molecule has 1 rings (SSSR count). The van der Waals surface area contributed by atoms with E-state index in [1.807, 2.05) is 65.0 Å². The van der Waals surface area contributed by atoms with Gasteiger partial charge in [-0.2, -0.15) is 0 Å². The van der Waals surface area contributed by atoms with Gasteiger partial charge < -0.3 is 15.2 Å². The number of carbonyl (C=O) groups excluding carboxylic acids is 1. The number of nitrogens with one attached hydrogen (secondary N) is 1. The minimum Gasteiger partial charge on any atom is -0.444 e. The molecule has 0 spiro atoms. The molecule has 1 aromatic rings. The molecule has 0 radical (unpaired) electrons. The van der Waals surface area contributed by atoms with E-state index in [-0.39, 0.29) is 12.0 Å². The molecule has 134 valence electrons. The van der Waals surface area contributed by atoms with Crippen LogP contribution in [-0.2, 0) is 11.2 Å². The maximum absolute atomic E-state index is 12.0. The van der Waals surface area contributed by atoms with Crippen LogP contribution in [0.4, 0.5) is 4.79 Å². The molecule has 2 N–H and O–H groups in total. The van der Waals surface area contributed by atoms with Gasteiger partial charge >= 0.3 is 6.09 Å². The second-order valence-corrected chi connectivity index (χ2v) is 7.60. The van der Waals surface area contributed by atoms with Crippen molar-refractivity contribution in [3.05, 3.63) is 48.0 Å². The quantitative estimate of drug-likeness (QED) is 0.739. The number of benzene rings is 1. The molecule has 2 atom stereocenters. The Balaban J connectivity index is 2.61. The van der Waals surface area contributed by atoms with Crippen molar-refractivity contribution in [3.63, 3.8) is 0 Å². The third-order valence-corrected chi connectivity index (χ3v) is 3.61. The second-order valence-electron chi connectivity index (χ2n) is 7.60. The van der Waals surface area contributed by atoms with E-state index >= 15 is 0 Å². The molecule has 0 fully saturated rings. The van der Waals surface area contributed by atoms with Crippen LogP contribution in [-0.4, -0.2) is 28.9 Å². The molecule has 0 saturated carbocycles. The predicted molar refractivity (Wildman–Crippen MR) is 97.9 cm³/mol. The van der Waals surface area contributed by atoms with Crippen LogP contribution in [0.5, 0.6) is 0 Å². The lowest BCUT2D eigenvalue weighted by molar-refractivity contribution is 0.0375. The number of hydrogen-bond acceptors (Lipinski definition) is 3. The highest BCUT2D eigenvalue weighted by atomic mass is 16.6. The number of aliphatic hydroxyl groups is 1. The molecular weight excluding hydrogens is 302 g/mol. The topological polar surface area (TPSA) is 58.6 Å². The summed E-state index contributed by atoms with van der Waals surface area (Å²) in [5, 5.41) is 13.3. The Morgan fingerprint density at radius 2 is 1.83 bits per heavy atom. The van der Waals surface area contributed by atoms with Crippen molar-refractivity contribution in [3.8, 4) is 0 Å². The molecule has 0 aromatic heterocycles. The predicted octanol–water partition coefficient (Wildman–Crippen LogP) is 4.09. The van der Waals surface area contributed by atoms with E-state index in [2.05, 4.69) is 11.9 Å². The average Bonchev–Trinajstić information content (AvgIpc) is 2.43. The summed E-state index contributed by atoms with van der Waals surface area (Å²) in [6, 6.07) is 9.64. The highest BCUT2D eigenvalue weighted by Crippen LogP contribution is 2.18. The van der Waals surface area contributed by atoms with Gasteiger partial charge in [0, 0.05) is 0 Å². The van der Waals surface area contributed by atoms with E-state index in [4.69, 9.17) is 4.74 Å². The molecule has 1 amide bonds. The first-order valence-electron chi connectivity index (χ1n) is 8.46. The van der Waals surface area contributed by atoms with E-state index in [0.717, 1.165) is 17.6 Å². The van der Waals surface area contributed by atoms with Crippen molar-refractivity contribution in [2.24, 2.45) is 5.92 Å². The average molecular weight is 333 g/mol. The minimum absolute atomic E-state index is 0.0806. The maximum Gasteiger partial charge on any atom is 0.407 e. The molecule has 0 bridgehead atoms. The van der Waals surface area contributed by atoms with Crippen molar-refractivity contribution < 1.29 is 14.6 Å². The highest BCUT2D eigenvalue weighted by molar-refractivity contribution is 5.68. The molecule has 0 saturated heterocycles. The van der Waals surface area contributed by atoms with Crippen LogP contribution in [0.15, 0.2) is 42.5 Å². The monoisotopic (exact) mass is 333 g/mol. The third-order valence-electron chi connectivity index (χ3n) is 3.61. The van der Waals surface area contributed by atoms with Crippen molar-refractivity contribution in [2.75, 3.05) is 0 Å². The summed E-state index contributed by atoms with van der Waals surface area (Å²) in [5.74, 6) is 0.0806. The second kappa shape index (κ2) is 8.88. The number of amides is 1.